The van der Waals surface area contributed by atoms with E-state index in [1.165, 1.54) is 17.4 Å². The van der Waals surface area contributed by atoms with E-state index in [-0.39, 0.29) is 17.2 Å². The smallest absolute Gasteiger partial charge is 0.337 e. The molecule has 0 unspecified atom stereocenters. The molecule has 104 valence electrons. The van der Waals surface area contributed by atoms with Crippen molar-refractivity contribution >= 4 is 44.8 Å². The molecule has 1 aromatic carbocycles. The van der Waals surface area contributed by atoms with Crippen LogP contribution < -0.4 is 5.32 Å². The summed E-state index contributed by atoms with van der Waals surface area (Å²) >= 11 is 4.80. The molecule has 1 heterocycles. The molecule has 0 spiro atoms. The van der Waals surface area contributed by atoms with Gasteiger partial charge in [-0.3, -0.25) is 4.79 Å². The molecule has 0 aliphatic heterocycles. The summed E-state index contributed by atoms with van der Waals surface area (Å²) in [6.07, 6.45) is 0. The molecule has 0 saturated heterocycles. The maximum atomic E-state index is 12.2. The number of carboxylic acids is 1. The molecule has 1 amide bonds. The molecule has 0 aliphatic carbocycles. The SMILES string of the molecule is Cc1cc(C(=O)Nc2cc(Br)ccc2C(=O)O)c(C)s1. The fraction of sp³-hybridized carbons (Fsp3) is 0.143. The van der Waals surface area contributed by atoms with Crippen LogP contribution in [0.1, 0.15) is 30.5 Å². The molecule has 0 bridgehead atoms. The summed E-state index contributed by atoms with van der Waals surface area (Å²) in [4.78, 5) is 25.3. The van der Waals surface area contributed by atoms with Crippen molar-refractivity contribution in [3.63, 3.8) is 0 Å². The van der Waals surface area contributed by atoms with Gasteiger partial charge in [0.05, 0.1) is 16.8 Å². The highest BCUT2D eigenvalue weighted by atomic mass is 79.9. The first-order valence-corrected chi connectivity index (χ1v) is 7.40. The molecule has 20 heavy (non-hydrogen) atoms. The van der Waals surface area contributed by atoms with E-state index in [0.717, 1.165) is 9.75 Å². The Morgan fingerprint density at radius 2 is 1.90 bits per heavy atom. The Bertz CT molecular complexity index is 694. The first-order valence-electron chi connectivity index (χ1n) is 5.79. The minimum atomic E-state index is -1.08. The lowest BCUT2D eigenvalue weighted by Gasteiger charge is -2.08. The first kappa shape index (κ1) is 14.7. The zero-order valence-electron chi connectivity index (χ0n) is 10.9. The van der Waals surface area contributed by atoms with Gasteiger partial charge in [0.2, 0.25) is 0 Å². The zero-order valence-corrected chi connectivity index (χ0v) is 13.3. The molecule has 0 saturated carbocycles. The summed E-state index contributed by atoms with van der Waals surface area (Å²) in [5, 5.41) is 11.8. The maximum absolute atomic E-state index is 12.2. The third-order valence-electron chi connectivity index (χ3n) is 2.75. The molecule has 6 heteroatoms. The number of thiophene rings is 1. The Labute approximate surface area is 128 Å². The lowest BCUT2D eigenvalue weighted by molar-refractivity contribution is 0.0698. The quantitative estimate of drug-likeness (QED) is 0.873. The molecule has 0 atom stereocenters. The number of rotatable bonds is 3. The van der Waals surface area contributed by atoms with Crippen LogP contribution in [0.4, 0.5) is 5.69 Å². The molecule has 2 aromatic rings. The summed E-state index contributed by atoms with van der Waals surface area (Å²) in [5.74, 6) is -1.38. The van der Waals surface area contributed by atoms with Gasteiger partial charge in [0.1, 0.15) is 0 Å². The van der Waals surface area contributed by atoms with Gasteiger partial charge in [-0.15, -0.1) is 11.3 Å². The van der Waals surface area contributed by atoms with Gasteiger partial charge in [-0.2, -0.15) is 0 Å². The van der Waals surface area contributed by atoms with Crippen LogP contribution in [0, 0.1) is 13.8 Å². The van der Waals surface area contributed by atoms with Crippen molar-refractivity contribution in [1.82, 2.24) is 0 Å². The number of aromatic carboxylic acids is 1. The second-order valence-corrected chi connectivity index (χ2v) is 6.65. The van der Waals surface area contributed by atoms with Crippen molar-refractivity contribution in [2.45, 2.75) is 13.8 Å². The predicted octanol–water partition coefficient (Wildman–Crippen LogP) is 4.08. The van der Waals surface area contributed by atoms with E-state index in [1.807, 2.05) is 13.8 Å². The van der Waals surface area contributed by atoms with Gasteiger partial charge in [0.15, 0.2) is 0 Å². The number of carboxylic acid groups (broad SMARTS) is 1. The summed E-state index contributed by atoms with van der Waals surface area (Å²) in [5.41, 5.74) is 0.912. The van der Waals surface area contributed by atoms with Crippen LogP contribution in [-0.2, 0) is 0 Å². The van der Waals surface area contributed by atoms with E-state index in [9.17, 15) is 9.59 Å². The molecule has 2 N–H and O–H groups in total. The second-order valence-electron chi connectivity index (χ2n) is 4.28. The van der Waals surface area contributed by atoms with Crippen molar-refractivity contribution in [3.05, 3.63) is 49.6 Å². The third-order valence-corrected chi connectivity index (χ3v) is 4.21. The van der Waals surface area contributed by atoms with Gasteiger partial charge in [0, 0.05) is 14.2 Å². The van der Waals surface area contributed by atoms with Gasteiger partial charge in [-0.05, 0) is 38.1 Å². The van der Waals surface area contributed by atoms with E-state index in [1.54, 1.807) is 18.2 Å². The van der Waals surface area contributed by atoms with E-state index in [0.29, 0.717) is 10.0 Å². The number of carbonyl (C=O) groups excluding carboxylic acids is 1. The Morgan fingerprint density at radius 3 is 2.45 bits per heavy atom. The molecule has 0 radical (unpaired) electrons. The Hall–Kier alpha value is -1.66. The first-order chi connectivity index (χ1) is 9.38. The number of hydrogen-bond acceptors (Lipinski definition) is 3. The third kappa shape index (κ3) is 3.08. The normalized spacial score (nSPS) is 10.3. The van der Waals surface area contributed by atoms with Gasteiger partial charge in [-0.25, -0.2) is 4.79 Å². The number of nitrogens with one attached hydrogen (secondary N) is 1. The Kier molecular flexibility index (Phi) is 4.25. The van der Waals surface area contributed by atoms with Crippen molar-refractivity contribution in [3.8, 4) is 0 Å². The average Bonchev–Trinajstić information content (AvgIpc) is 2.68. The van der Waals surface area contributed by atoms with Crippen LogP contribution >= 0.6 is 27.3 Å². The Balaban J connectivity index is 2.34. The molecule has 2 rings (SSSR count). The lowest BCUT2D eigenvalue weighted by Crippen LogP contribution is -2.15. The van der Waals surface area contributed by atoms with Crippen molar-refractivity contribution < 1.29 is 14.7 Å². The van der Waals surface area contributed by atoms with Gasteiger partial charge < -0.3 is 10.4 Å². The van der Waals surface area contributed by atoms with Crippen molar-refractivity contribution in [2.75, 3.05) is 5.32 Å². The summed E-state index contributed by atoms with van der Waals surface area (Å²) in [6, 6.07) is 6.45. The second kappa shape index (κ2) is 5.76. The highest BCUT2D eigenvalue weighted by Crippen LogP contribution is 2.25. The number of hydrogen-bond donors (Lipinski definition) is 2. The van der Waals surface area contributed by atoms with Crippen LogP contribution in [0.3, 0.4) is 0 Å². The van der Waals surface area contributed by atoms with Gasteiger partial charge >= 0.3 is 5.97 Å². The molecular formula is C14H12BrNO3S. The number of anilines is 1. The number of carbonyl (C=O) groups is 2. The topological polar surface area (TPSA) is 66.4 Å². The van der Waals surface area contributed by atoms with E-state index in [4.69, 9.17) is 5.11 Å². The zero-order chi connectivity index (χ0) is 14.9. The molecule has 4 nitrogen and oxygen atoms in total. The predicted molar refractivity (Wildman–Crippen MR) is 82.8 cm³/mol. The number of benzene rings is 1. The minimum absolute atomic E-state index is 0.0613. The lowest BCUT2D eigenvalue weighted by atomic mass is 10.1. The Morgan fingerprint density at radius 1 is 1.20 bits per heavy atom. The van der Waals surface area contributed by atoms with E-state index < -0.39 is 5.97 Å². The molecule has 0 fully saturated rings. The average molecular weight is 354 g/mol. The maximum Gasteiger partial charge on any atom is 0.337 e. The van der Waals surface area contributed by atoms with Crippen molar-refractivity contribution in [2.24, 2.45) is 0 Å². The highest BCUT2D eigenvalue weighted by Gasteiger charge is 2.16. The standard InChI is InChI=1S/C14H12BrNO3S/c1-7-5-11(8(2)20-7)13(17)16-12-6-9(15)3-4-10(12)14(18)19/h3-6H,1-2H3,(H,16,17)(H,18,19). The molecule has 0 aliphatic rings. The van der Waals surface area contributed by atoms with Gasteiger partial charge in [0.25, 0.3) is 5.91 Å². The van der Waals surface area contributed by atoms with Crippen LogP contribution in [0.2, 0.25) is 0 Å². The summed E-state index contributed by atoms with van der Waals surface area (Å²) < 4.78 is 0.705. The van der Waals surface area contributed by atoms with Crippen LogP contribution in [0.25, 0.3) is 0 Å². The van der Waals surface area contributed by atoms with E-state index >= 15 is 0 Å². The number of amides is 1. The van der Waals surface area contributed by atoms with E-state index in [2.05, 4.69) is 21.2 Å². The fourth-order valence-corrected chi connectivity index (χ4v) is 3.13. The monoisotopic (exact) mass is 353 g/mol. The van der Waals surface area contributed by atoms with Crippen LogP contribution in [0.5, 0.6) is 0 Å². The number of aryl methyl sites for hydroxylation is 2. The minimum Gasteiger partial charge on any atom is -0.478 e. The molecule has 1 aromatic heterocycles. The van der Waals surface area contributed by atoms with Crippen molar-refractivity contribution in [1.29, 1.82) is 0 Å². The fourth-order valence-electron chi connectivity index (χ4n) is 1.85. The largest absolute Gasteiger partial charge is 0.478 e. The summed E-state index contributed by atoms with van der Waals surface area (Å²) in [6.45, 7) is 3.79. The highest BCUT2D eigenvalue weighted by molar-refractivity contribution is 9.10. The summed E-state index contributed by atoms with van der Waals surface area (Å²) in [7, 11) is 0. The van der Waals surface area contributed by atoms with Crippen LogP contribution in [0.15, 0.2) is 28.7 Å². The van der Waals surface area contributed by atoms with Gasteiger partial charge in [-0.1, -0.05) is 15.9 Å². The number of halogens is 1. The molecular weight excluding hydrogens is 342 g/mol. The van der Waals surface area contributed by atoms with Crippen LogP contribution in [-0.4, -0.2) is 17.0 Å².